The highest BCUT2D eigenvalue weighted by molar-refractivity contribution is 5.91. The smallest absolute Gasteiger partial charge is 0.249 e. The Balaban J connectivity index is 1.56. The number of amides is 1. The lowest BCUT2D eigenvalue weighted by Gasteiger charge is -2.12. The van der Waals surface area contributed by atoms with E-state index in [1.54, 1.807) is 6.07 Å². The summed E-state index contributed by atoms with van der Waals surface area (Å²) in [5.74, 6) is 0.203. The average molecular weight is 404 g/mol. The van der Waals surface area contributed by atoms with Gasteiger partial charge in [0.2, 0.25) is 17.7 Å². The second-order valence-electron chi connectivity index (χ2n) is 7.16. The fraction of sp³-hybridized carbons (Fsp3) is 0.174. The van der Waals surface area contributed by atoms with E-state index in [-0.39, 0.29) is 12.5 Å². The van der Waals surface area contributed by atoms with E-state index in [1.165, 1.54) is 12.1 Å². The fourth-order valence-electron chi connectivity index (χ4n) is 3.35. The highest BCUT2D eigenvalue weighted by atomic mass is 19.1. The first-order valence-electron chi connectivity index (χ1n) is 9.54. The van der Waals surface area contributed by atoms with Gasteiger partial charge >= 0.3 is 0 Å². The predicted molar refractivity (Wildman–Crippen MR) is 112 cm³/mol. The van der Waals surface area contributed by atoms with Crippen molar-refractivity contribution in [1.29, 1.82) is 0 Å². The number of rotatable bonds is 5. The molecular formula is C23H21FN4O2. The van der Waals surface area contributed by atoms with Crippen LogP contribution in [-0.4, -0.2) is 20.7 Å². The maximum atomic E-state index is 13.5. The first-order valence-corrected chi connectivity index (χ1v) is 9.54. The normalized spacial score (nSPS) is 10.9. The SMILES string of the molecule is Cc1ccc(F)cc1NC(=O)Cn1c(C)cc(-c2nnc(-c3ccccc3)o2)c1C. The first-order chi connectivity index (χ1) is 14.4. The van der Waals surface area contributed by atoms with E-state index in [1.807, 2.05) is 61.7 Å². The van der Waals surface area contributed by atoms with Crippen LogP contribution in [0.25, 0.3) is 22.9 Å². The van der Waals surface area contributed by atoms with Crippen LogP contribution in [0.2, 0.25) is 0 Å². The lowest BCUT2D eigenvalue weighted by molar-refractivity contribution is -0.116. The maximum absolute atomic E-state index is 13.5. The summed E-state index contributed by atoms with van der Waals surface area (Å²) in [6.45, 7) is 5.72. The Morgan fingerprint density at radius 3 is 2.53 bits per heavy atom. The number of hydrogen-bond acceptors (Lipinski definition) is 4. The Morgan fingerprint density at radius 1 is 1.03 bits per heavy atom. The summed E-state index contributed by atoms with van der Waals surface area (Å²) in [4.78, 5) is 12.6. The Hall–Kier alpha value is -3.74. The van der Waals surface area contributed by atoms with E-state index >= 15 is 0 Å². The van der Waals surface area contributed by atoms with Crippen molar-refractivity contribution in [3.8, 4) is 22.9 Å². The van der Waals surface area contributed by atoms with Gasteiger partial charge in [0.25, 0.3) is 0 Å². The standard InChI is InChI=1S/C23H21FN4O2/c1-14-9-10-18(24)12-20(14)25-21(29)13-28-15(2)11-19(16(28)3)23-27-26-22(30-23)17-7-5-4-6-8-17/h4-12H,13H2,1-3H3,(H,25,29). The van der Waals surface area contributed by atoms with E-state index < -0.39 is 5.82 Å². The molecular weight excluding hydrogens is 383 g/mol. The van der Waals surface area contributed by atoms with Crippen molar-refractivity contribution >= 4 is 11.6 Å². The van der Waals surface area contributed by atoms with Gasteiger partial charge in [-0.3, -0.25) is 4.79 Å². The summed E-state index contributed by atoms with van der Waals surface area (Å²) in [7, 11) is 0. The highest BCUT2D eigenvalue weighted by Crippen LogP contribution is 2.28. The molecule has 2 aromatic carbocycles. The molecule has 1 amide bonds. The Morgan fingerprint density at radius 2 is 1.77 bits per heavy atom. The van der Waals surface area contributed by atoms with Crippen molar-refractivity contribution in [3.63, 3.8) is 0 Å². The van der Waals surface area contributed by atoms with E-state index in [9.17, 15) is 9.18 Å². The molecule has 2 heterocycles. The molecule has 7 heteroatoms. The van der Waals surface area contributed by atoms with Crippen LogP contribution in [0.4, 0.5) is 10.1 Å². The number of halogens is 1. The molecule has 2 aromatic heterocycles. The quantitative estimate of drug-likeness (QED) is 0.513. The molecule has 0 spiro atoms. The molecule has 6 nitrogen and oxygen atoms in total. The molecule has 0 bridgehead atoms. The number of nitrogens with one attached hydrogen (secondary N) is 1. The Labute approximate surface area is 173 Å². The molecule has 0 aliphatic rings. The molecule has 1 N–H and O–H groups in total. The summed E-state index contributed by atoms with van der Waals surface area (Å²) in [6, 6.07) is 15.8. The average Bonchev–Trinajstić information content (AvgIpc) is 3.32. The summed E-state index contributed by atoms with van der Waals surface area (Å²) < 4.78 is 21.2. The van der Waals surface area contributed by atoms with Gasteiger partial charge in [-0.05, 0) is 56.7 Å². The van der Waals surface area contributed by atoms with Gasteiger partial charge in [0.15, 0.2) is 0 Å². The maximum Gasteiger partial charge on any atom is 0.249 e. The number of carbonyl (C=O) groups excluding carboxylic acids is 1. The van der Waals surface area contributed by atoms with Crippen molar-refractivity contribution in [2.45, 2.75) is 27.3 Å². The van der Waals surface area contributed by atoms with Crippen LogP contribution in [-0.2, 0) is 11.3 Å². The van der Waals surface area contributed by atoms with Crippen molar-refractivity contribution in [2.24, 2.45) is 0 Å². The number of nitrogens with zero attached hydrogens (tertiary/aromatic N) is 3. The second-order valence-corrected chi connectivity index (χ2v) is 7.16. The molecule has 152 valence electrons. The van der Waals surface area contributed by atoms with Crippen molar-refractivity contribution in [3.05, 3.63) is 77.4 Å². The summed E-state index contributed by atoms with van der Waals surface area (Å²) >= 11 is 0. The van der Waals surface area contributed by atoms with Gasteiger partial charge in [0, 0.05) is 22.6 Å². The van der Waals surface area contributed by atoms with E-state index in [2.05, 4.69) is 15.5 Å². The molecule has 0 aliphatic carbocycles. The number of aryl methyl sites for hydroxylation is 2. The second kappa shape index (κ2) is 7.94. The topological polar surface area (TPSA) is 73.0 Å². The summed E-state index contributed by atoms with van der Waals surface area (Å²) in [6.07, 6.45) is 0. The van der Waals surface area contributed by atoms with Crippen LogP contribution in [0.15, 0.2) is 59.0 Å². The molecule has 30 heavy (non-hydrogen) atoms. The lowest BCUT2D eigenvalue weighted by atomic mass is 10.2. The lowest BCUT2D eigenvalue weighted by Crippen LogP contribution is -2.20. The highest BCUT2D eigenvalue weighted by Gasteiger charge is 2.18. The van der Waals surface area contributed by atoms with Gasteiger partial charge in [-0.1, -0.05) is 24.3 Å². The molecule has 0 unspecified atom stereocenters. The third-order valence-corrected chi connectivity index (χ3v) is 5.03. The molecule has 4 rings (SSSR count). The largest absolute Gasteiger partial charge is 0.416 e. The van der Waals surface area contributed by atoms with E-state index in [0.717, 1.165) is 28.1 Å². The van der Waals surface area contributed by atoms with Gasteiger partial charge in [0.1, 0.15) is 12.4 Å². The van der Waals surface area contributed by atoms with Crippen LogP contribution in [0.3, 0.4) is 0 Å². The number of carbonyl (C=O) groups is 1. The monoisotopic (exact) mass is 404 g/mol. The van der Waals surface area contributed by atoms with Crippen LogP contribution in [0.1, 0.15) is 17.0 Å². The molecule has 0 atom stereocenters. The summed E-state index contributed by atoms with van der Waals surface area (Å²) in [5.41, 5.74) is 4.60. The Bertz CT molecular complexity index is 1210. The number of benzene rings is 2. The molecule has 4 aromatic rings. The number of hydrogen-bond donors (Lipinski definition) is 1. The van der Waals surface area contributed by atoms with Gasteiger partial charge in [-0.2, -0.15) is 0 Å². The van der Waals surface area contributed by atoms with E-state index in [4.69, 9.17) is 4.42 Å². The van der Waals surface area contributed by atoms with Crippen molar-refractivity contribution in [1.82, 2.24) is 14.8 Å². The van der Waals surface area contributed by atoms with Crippen LogP contribution < -0.4 is 5.32 Å². The molecule has 0 saturated heterocycles. The Kier molecular flexibility index (Phi) is 5.18. The van der Waals surface area contributed by atoms with Crippen molar-refractivity contribution < 1.29 is 13.6 Å². The molecule has 0 saturated carbocycles. The predicted octanol–water partition coefficient (Wildman–Crippen LogP) is 4.91. The van der Waals surface area contributed by atoms with Crippen LogP contribution >= 0.6 is 0 Å². The van der Waals surface area contributed by atoms with Gasteiger partial charge in [-0.15, -0.1) is 10.2 Å². The number of anilines is 1. The first kappa shape index (κ1) is 19.6. The number of aromatic nitrogens is 3. The van der Waals surface area contributed by atoms with Gasteiger partial charge < -0.3 is 14.3 Å². The molecule has 0 aliphatic heterocycles. The zero-order valence-electron chi connectivity index (χ0n) is 16.9. The van der Waals surface area contributed by atoms with Crippen LogP contribution in [0, 0.1) is 26.6 Å². The van der Waals surface area contributed by atoms with Gasteiger partial charge in [0.05, 0.1) is 5.56 Å². The zero-order chi connectivity index (χ0) is 21.3. The fourth-order valence-corrected chi connectivity index (χ4v) is 3.35. The zero-order valence-corrected chi connectivity index (χ0v) is 16.9. The minimum Gasteiger partial charge on any atom is -0.416 e. The van der Waals surface area contributed by atoms with Gasteiger partial charge in [-0.25, -0.2) is 4.39 Å². The molecule has 0 radical (unpaired) electrons. The minimum atomic E-state index is -0.392. The molecule has 0 fully saturated rings. The minimum absolute atomic E-state index is 0.0906. The van der Waals surface area contributed by atoms with Crippen molar-refractivity contribution in [2.75, 3.05) is 5.32 Å². The summed E-state index contributed by atoms with van der Waals surface area (Å²) in [5, 5.41) is 11.1. The third-order valence-electron chi connectivity index (χ3n) is 5.03. The van der Waals surface area contributed by atoms with E-state index in [0.29, 0.717) is 17.5 Å². The third kappa shape index (κ3) is 3.87. The van der Waals surface area contributed by atoms with Crippen LogP contribution in [0.5, 0.6) is 0 Å².